The van der Waals surface area contributed by atoms with Crippen molar-refractivity contribution in [1.82, 2.24) is 5.32 Å². The largest absolute Gasteiger partial charge is 0.329 e. The van der Waals surface area contributed by atoms with Crippen molar-refractivity contribution in [2.24, 2.45) is 0 Å². The van der Waals surface area contributed by atoms with Crippen LogP contribution < -0.4 is 15.5 Å². The average Bonchev–Trinajstić information content (AvgIpc) is 3.09. The fraction of sp³-hybridized carbons (Fsp3) is 0.188. The summed E-state index contributed by atoms with van der Waals surface area (Å²) in [5.41, 5.74) is 0.811. The molecule has 2 heterocycles. The maximum atomic E-state index is 12.2. The zero-order chi connectivity index (χ0) is 16.4. The molecule has 0 saturated carbocycles. The summed E-state index contributed by atoms with van der Waals surface area (Å²) in [6.07, 6.45) is 0.253. The molecule has 1 unspecified atom stereocenters. The Morgan fingerprint density at radius 1 is 1.26 bits per heavy atom. The fourth-order valence-corrected chi connectivity index (χ4v) is 3.08. The third-order valence-electron chi connectivity index (χ3n) is 3.47. The lowest BCUT2D eigenvalue weighted by atomic mass is 10.2. The van der Waals surface area contributed by atoms with Crippen molar-refractivity contribution in [2.75, 3.05) is 10.2 Å². The lowest BCUT2D eigenvalue weighted by Gasteiger charge is -2.17. The molecule has 1 fully saturated rings. The minimum Gasteiger partial charge on any atom is -0.326 e. The second-order valence-corrected chi connectivity index (χ2v) is 6.20. The van der Waals surface area contributed by atoms with Gasteiger partial charge in [0, 0.05) is 4.88 Å². The number of benzene rings is 1. The number of anilines is 2. The number of carbonyl (C=O) groups excluding carboxylic acids is 3. The zero-order valence-electron chi connectivity index (χ0n) is 12.4. The molecule has 0 aliphatic carbocycles. The summed E-state index contributed by atoms with van der Waals surface area (Å²) in [4.78, 5) is 38.3. The van der Waals surface area contributed by atoms with Crippen LogP contribution in [0.3, 0.4) is 0 Å². The number of amides is 4. The Hall–Kier alpha value is -2.67. The van der Waals surface area contributed by atoms with Crippen molar-refractivity contribution in [2.45, 2.75) is 19.4 Å². The quantitative estimate of drug-likeness (QED) is 0.845. The van der Waals surface area contributed by atoms with Crippen LogP contribution in [0.15, 0.2) is 41.8 Å². The zero-order valence-corrected chi connectivity index (χ0v) is 13.2. The summed E-state index contributed by atoms with van der Waals surface area (Å²) >= 11 is 1.50. The summed E-state index contributed by atoms with van der Waals surface area (Å²) in [6, 6.07) is 9.48. The van der Waals surface area contributed by atoms with Gasteiger partial charge in [-0.05, 0) is 30.5 Å². The molecule has 6 nitrogen and oxygen atoms in total. The number of nitrogens with one attached hydrogen (secondary N) is 2. The Bertz CT molecular complexity index is 758. The summed E-state index contributed by atoms with van der Waals surface area (Å²) < 4.78 is 0. The number of carbonyl (C=O) groups is 3. The predicted molar refractivity (Wildman–Crippen MR) is 88.6 cm³/mol. The van der Waals surface area contributed by atoms with Crippen molar-refractivity contribution in [3.63, 3.8) is 0 Å². The number of rotatable bonds is 4. The molecular weight excluding hydrogens is 314 g/mol. The van der Waals surface area contributed by atoms with Crippen LogP contribution in [-0.4, -0.2) is 23.9 Å². The normalized spacial score (nSPS) is 17.3. The molecule has 2 N–H and O–H groups in total. The molecule has 1 atom stereocenters. The van der Waals surface area contributed by atoms with E-state index in [1.807, 2.05) is 17.5 Å². The van der Waals surface area contributed by atoms with E-state index < -0.39 is 12.1 Å². The molecular formula is C16H15N3O3S. The van der Waals surface area contributed by atoms with Gasteiger partial charge >= 0.3 is 6.03 Å². The average molecular weight is 329 g/mol. The van der Waals surface area contributed by atoms with Crippen LogP contribution in [0.4, 0.5) is 16.2 Å². The highest BCUT2D eigenvalue weighted by molar-refractivity contribution is 7.10. The van der Waals surface area contributed by atoms with Crippen molar-refractivity contribution in [3.05, 3.63) is 46.7 Å². The molecule has 1 aliphatic rings. The lowest BCUT2D eigenvalue weighted by Crippen LogP contribution is -2.32. The topological polar surface area (TPSA) is 78.5 Å². The van der Waals surface area contributed by atoms with Crippen LogP contribution in [0.1, 0.15) is 11.8 Å². The summed E-state index contributed by atoms with van der Waals surface area (Å²) in [7, 11) is 0. The van der Waals surface area contributed by atoms with Gasteiger partial charge in [-0.25, -0.2) is 9.69 Å². The fourth-order valence-electron chi connectivity index (χ4n) is 2.37. The molecule has 0 bridgehead atoms. The predicted octanol–water partition coefficient (Wildman–Crippen LogP) is 2.37. The number of imide groups is 1. The summed E-state index contributed by atoms with van der Waals surface area (Å²) in [5.74, 6) is -0.532. The van der Waals surface area contributed by atoms with E-state index in [0.717, 1.165) is 9.78 Å². The van der Waals surface area contributed by atoms with Gasteiger partial charge in [-0.15, -0.1) is 11.3 Å². The first-order valence-electron chi connectivity index (χ1n) is 7.12. The third kappa shape index (κ3) is 3.09. The van der Waals surface area contributed by atoms with E-state index in [1.54, 1.807) is 31.2 Å². The van der Waals surface area contributed by atoms with Crippen LogP contribution in [0.2, 0.25) is 0 Å². The Morgan fingerprint density at radius 2 is 2.04 bits per heavy atom. The van der Waals surface area contributed by atoms with Gasteiger partial charge in [0.05, 0.1) is 17.8 Å². The SMILES string of the molecule is CC1NC(=O)N(c2ccccc2NC(=O)Cc2cccs2)C1=O. The smallest absolute Gasteiger partial charge is 0.326 e. The second kappa shape index (κ2) is 6.21. The van der Waals surface area contributed by atoms with E-state index in [2.05, 4.69) is 10.6 Å². The Balaban J connectivity index is 1.82. The molecule has 1 saturated heterocycles. The van der Waals surface area contributed by atoms with Gasteiger partial charge in [0.2, 0.25) is 5.91 Å². The van der Waals surface area contributed by atoms with Gasteiger partial charge in [-0.2, -0.15) is 0 Å². The van der Waals surface area contributed by atoms with E-state index in [9.17, 15) is 14.4 Å². The van der Waals surface area contributed by atoms with E-state index in [0.29, 0.717) is 11.4 Å². The number of para-hydroxylation sites is 2. The van der Waals surface area contributed by atoms with Gasteiger partial charge in [0.15, 0.2) is 0 Å². The molecule has 0 radical (unpaired) electrons. The maximum Gasteiger partial charge on any atom is 0.329 e. The first-order valence-corrected chi connectivity index (χ1v) is 8.00. The Kier molecular flexibility index (Phi) is 4.12. The molecule has 1 aliphatic heterocycles. The van der Waals surface area contributed by atoms with Gasteiger partial charge < -0.3 is 10.6 Å². The highest BCUT2D eigenvalue weighted by atomic mass is 32.1. The van der Waals surface area contributed by atoms with E-state index in [1.165, 1.54) is 11.3 Å². The molecule has 118 valence electrons. The van der Waals surface area contributed by atoms with Crippen LogP contribution >= 0.6 is 11.3 Å². The van der Waals surface area contributed by atoms with E-state index >= 15 is 0 Å². The lowest BCUT2D eigenvalue weighted by molar-refractivity contribution is -0.118. The number of urea groups is 1. The van der Waals surface area contributed by atoms with E-state index in [4.69, 9.17) is 0 Å². The van der Waals surface area contributed by atoms with Gasteiger partial charge in [-0.3, -0.25) is 9.59 Å². The van der Waals surface area contributed by atoms with Crippen LogP contribution in [-0.2, 0) is 16.0 Å². The molecule has 4 amide bonds. The number of hydrogen-bond acceptors (Lipinski definition) is 4. The molecule has 0 spiro atoms. The number of thiophene rings is 1. The highest BCUT2D eigenvalue weighted by Gasteiger charge is 2.37. The van der Waals surface area contributed by atoms with Crippen LogP contribution in [0, 0.1) is 0 Å². The van der Waals surface area contributed by atoms with Crippen LogP contribution in [0.5, 0.6) is 0 Å². The first kappa shape index (κ1) is 15.2. The van der Waals surface area contributed by atoms with Gasteiger partial charge in [0.25, 0.3) is 5.91 Å². The third-order valence-corrected chi connectivity index (χ3v) is 4.34. The molecule has 7 heteroatoms. The summed E-state index contributed by atoms with van der Waals surface area (Å²) in [6.45, 7) is 1.62. The maximum absolute atomic E-state index is 12.2. The van der Waals surface area contributed by atoms with Gasteiger partial charge in [-0.1, -0.05) is 18.2 Å². The molecule has 2 aromatic rings. The van der Waals surface area contributed by atoms with Crippen molar-refractivity contribution in [3.8, 4) is 0 Å². The Labute approximate surface area is 137 Å². The minimum atomic E-state index is -0.572. The van der Waals surface area contributed by atoms with E-state index in [-0.39, 0.29) is 18.2 Å². The molecule has 1 aromatic heterocycles. The monoisotopic (exact) mass is 329 g/mol. The molecule has 3 rings (SSSR count). The number of hydrogen-bond donors (Lipinski definition) is 2. The van der Waals surface area contributed by atoms with Gasteiger partial charge in [0.1, 0.15) is 6.04 Å². The number of nitrogens with zero attached hydrogens (tertiary/aromatic N) is 1. The standard InChI is InChI=1S/C16H15N3O3S/c1-10-15(21)19(16(22)17-10)13-7-3-2-6-12(13)18-14(20)9-11-5-4-8-23-11/h2-8,10H,9H2,1H3,(H,17,22)(H,18,20). The van der Waals surface area contributed by atoms with Crippen molar-refractivity contribution in [1.29, 1.82) is 0 Å². The van der Waals surface area contributed by atoms with Crippen molar-refractivity contribution < 1.29 is 14.4 Å². The Morgan fingerprint density at radius 3 is 2.70 bits per heavy atom. The molecule has 1 aromatic carbocycles. The second-order valence-electron chi connectivity index (χ2n) is 5.17. The van der Waals surface area contributed by atoms with Crippen molar-refractivity contribution >= 4 is 40.6 Å². The summed E-state index contributed by atoms with van der Waals surface area (Å²) in [5, 5.41) is 7.24. The highest BCUT2D eigenvalue weighted by Crippen LogP contribution is 2.28. The molecule has 23 heavy (non-hydrogen) atoms. The van der Waals surface area contributed by atoms with Crippen LogP contribution in [0.25, 0.3) is 0 Å². The minimum absolute atomic E-state index is 0.194. The first-order chi connectivity index (χ1) is 11.1.